The third-order valence-corrected chi connectivity index (χ3v) is 3.13. The largest absolute Gasteiger partial charge is 0.476 e. The number of nitrogens with zero attached hydrogens (tertiary/aromatic N) is 3. The number of ether oxygens (including phenoxy) is 1. The second kappa shape index (κ2) is 5.79. The maximum absolute atomic E-state index is 5.56. The zero-order valence-corrected chi connectivity index (χ0v) is 10.1. The molecule has 1 atom stereocenters. The van der Waals surface area contributed by atoms with Gasteiger partial charge >= 0.3 is 0 Å². The number of likely N-dealkylation sites (tertiary alicyclic amines) is 1. The quantitative estimate of drug-likeness (QED) is 0.577. The van der Waals surface area contributed by atoms with Crippen LogP contribution in [0.3, 0.4) is 0 Å². The van der Waals surface area contributed by atoms with Gasteiger partial charge in [-0.1, -0.05) is 0 Å². The minimum atomic E-state index is 0.514. The van der Waals surface area contributed by atoms with Crippen molar-refractivity contribution in [3.05, 3.63) is 12.4 Å². The number of nitrogens with two attached hydrogens (primary N) is 1. The summed E-state index contributed by atoms with van der Waals surface area (Å²) >= 11 is 0. The van der Waals surface area contributed by atoms with E-state index in [4.69, 9.17) is 10.6 Å². The average molecular weight is 237 g/mol. The number of nitrogens with one attached hydrogen (secondary N) is 1. The minimum Gasteiger partial charge on any atom is -0.476 e. The van der Waals surface area contributed by atoms with Gasteiger partial charge in [0.1, 0.15) is 0 Å². The van der Waals surface area contributed by atoms with Gasteiger partial charge < -0.3 is 15.1 Å². The molecule has 0 bridgehead atoms. The normalized spacial score (nSPS) is 20.5. The highest BCUT2D eigenvalue weighted by atomic mass is 16.5. The van der Waals surface area contributed by atoms with Crippen molar-refractivity contribution in [2.24, 2.45) is 5.84 Å². The van der Waals surface area contributed by atoms with E-state index in [1.807, 2.05) is 0 Å². The minimum absolute atomic E-state index is 0.514. The second-order valence-electron chi connectivity index (χ2n) is 4.30. The van der Waals surface area contributed by atoms with Crippen LogP contribution in [0.15, 0.2) is 12.4 Å². The fourth-order valence-corrected chi connectivity index (χ4v) is 2.13. The molecule has 1 fully saturated rings. The topological polar surface area (TPSA) is 76.3 Å². The van der Waals surface area contributed by atoms with Gasteiger partial charge in [0.25, 0.3) is 0 Å². The number of hydrogen-bond acceptors (Lipinski definition) is 6. The van der Waals surface area contributed by atoms with E-state index in [-0.39, 0.29) is 0 Å². The van der Waals surface area contributed by atoms with E-state index in [0.29, 0.717) is 24.3 Å². The third-order valence-electron chi connectivity index (χ3n) is 3.13. The summed E-state index contributed by atoms with van der Waals surface area (Å²) in [6.45, 7) is 1.86. The van der Waals surface area contributed by atoms with E-state index in [0.717, 1.165) is 6.42 Å². The van der Waals surface area contributed by atoms with Crippen LogP contribution in [0.25, 0.3) is 0 Å². The van der Waals surface area contributed by atoms with E-state index in [9.17, 15) is 0 Å². The zero-order chi connectivity index (χ0) is 12.1. The molecular formula is C11H19N5O. The SMILES string of the molecule is CN1CCCC1CCOc1cncc(NN)n1. The van der Waals surface area contributed by atoms with Gasteiger partial charge in [0.05, 0.1) is 19.0 Å². The zero-order valence-electron chi connectivity index (χ0n) is 10.1. The van der Waals surface area contributed by atoms with Gasteiger partial charge in [-0.15, -0.1) is 0 Å². The lowest BCUT2D eigenvalue weighted by Gasteiger charge is -2.18. The third kappa shape index (κ3) is 3.28. The Bertz CT molecular complexity index is 359. The van der Waals surface area contributed by atoms with Crippen molar-refractivity contribution in [2.45, 2.75) is 25.3 Å². The van der Waals surface area contributed by atoms with Crippen molar-refractivity contribution in [3.8, 4) is 5.88 Å². The summed E-state index contributed by atoms with van der Waals surface area (Å²) in [6.07, 6.45) is 6.72. The Morgan fingerprint density at radius 2 is 2.47 bits per heavy atom. The Hall–Kier alpha value is -1.40. The van der Waals surface area contributed by atoms with Crippen molar-refractivity contribution in [2.75, 3.05) is 25.6 Å². The average Bonchev–Trinajstić information content (AvgIpc) is 2.76. The number of aromatic nitrogens is 2. The first-order chi connectivity index (χ1) is 8.29. The summed E-state index contributed by atoms with van der Waals surface area (Å²) in [4.78, 5) is 10.5. The van der Waals surface area contributed by atoms with E-state index in [1.54, 1.807) is 12.4 Å². The Balaban J connectivity index is 1.77. The molecule has 6 nitrogen and oxygen atoms in total. The predicted octanol–water partition coefficient (Wildman–Crippen LogP) is 0.625. The van der Waals surface area contributed by atoms with Crippen LogP contribution in [0.1, 0.15) is 19.3 Å². The molecule has 0 radical (unpaired) electrons. The molecule has 2 heterocycles. The lowest BCUT2D eigenvalue weighted by molar-refractivity contribution is 0.228. The van der Waals surface area contributed by atoms with Crippen molar-refractivity contribution in [1.82, 2.24) is 14.9 Å². The molecule has 0 spiro atoms. The van der Waals surface area contributed by atoms with Gasteiger partial charge in [0.2, 0.25) is 5.88 Å². The van der Waals surface area contributed by atoms with E-state index >= 15 is 0 Å². The van der Waals surface area contributed by atoms with Gasteiger partial charge in [-0.25, -0.2) is 5.84 Å². The van der Waals surface area contributed by atoms with Crippen LogP contribution in [0.5, 0.6) is 5.88 Å². The predicted molar refractivity (Wildman–Crippen MR) is 65.6 cm³/mol. The lowest BCUT2D eigenvalue weighted by atomic mass is 10.1. The summed E-state index contributed by atoms with van der Waals surface area (Å²) < 4.78 is 5.56. The smallest absolute Gasteiger partial charge is 0.234 e. The van der Waals surface area contributed by atoms with Crippen LogP contribution < -0.4 is 16.0 Å². The fourth-order valence-electron chi connectivity index (χ4n) is 2.13. The highest BCUT2D eigenvalue weighted by Gasteiger charge is 2.20. The molecule has 17 heavy (non-hydrogen) atoms. The molecule has 1 saturated heterocycles. The van der Waals surface area contributed by atoms with Gasteiger partial charge in [-0.05, 0) is 32.9 Å². The summed E-state index contributed by atoms with van der Waals surface area (Å²) in [5, 5.41) is 0. The van der Waals surface area contributed by atoms with Crippen LogP contribution in [0, 0.1) is 0 Å². The number of nitrogen functional groups attached to an aromatic ring is 1. The molecule has 0 amide bonds. The highest BCUT2D eigenvalue weighted by Crippen LogP contribution is 2.18. The van der Waals surface area contributed by atoms with Crippen LogP contribution in [0.4, 0.5) is 5.82 Å². The van der Waals surface area contributed by atoms with Crippen molar-refractivity contribution >= 4 is 5.82 Å². The summed E-state index contributed by atoms with van der Waals surface area (Å²) in [6, 6.07) is 0.638. The van der Waals surface area contributed by atoms with E-state index in [2.05, 4.69) is 27.3 Å². The Kier molecular flexibility index (Phi) is 4.11. The van der Waals surface area contributed by atoms with Gasteiger partial charge in [0.15, 0.2) is 5.82 Å². The van der Waals surface area contributed by atoms with Crippen LogP contribution in [-0.2, 0) is 0 Å². The number of rotatable bonds is 5. The molecule has 94 valence electrons. The molecule has 1 aromatic heterocycles. The van der Waals surface area contributed by atoms with Gasteiger partial charge in [0, 0.05) is 6.04 Å². The first-order valence-corrected chi connectivity index (χ1v) is 5.91. The molecule has 1 aliphatic heterocycles. The molecule has 1 unspecified atom stereocenters. The highest BCUT2D eigenvalue weighted by molar-refractivity contribution is 5.31. The molecule has 0 saturated carbocycles. The Morgan fingerprint density at radius 3 is 3.18 bits per heavy atom. The number of hydrogen-bond donors (Lipinski definition) is 2. The molecule has 0 aromatic carbocycles. The monoisotopic (exact) mass is 237 g/mol. The standard InChI is InChI=1S/C11H19N5O/c1-16-5-2-3-9(16)4-6-17-11-8-13-7-10(14-11)15-12/h7-9H,2-6,12H2,1H3,(H,14,15). The molecule has 2 rings (SSSR count). The van der Waals surface area contributed by atoms with Crippen molar-refractivity contribution < 1.29 is 4.74 Å². The molecule has 3 N–H and O–H groups in total. The fraction of sp³-hybridized carbons (Fsp3) is 0.636. The number of hydrazine groups is 1. The molecule has 0 aliphatic carbocycles. The Labute approximate surface area is 101 Å². The van der Waals surface area contributed by atoms with E-state index in [1.165, 1.54) is 19.4 Å². The molecule has 6 heteroatoms. The maximum atomic E-state index is 5.56. The lowest BCUT2D eigenvalue weighted by Crippen LogP contribution is -2.26. The summed E-state index contributed by atoms with van der Waals surface area (Å²) in [7, 11) is 2.16. The first-order valence-electron chi connectivity index (χ1n) is 5.91. The second-order valence-corrected chi connectivity index (χ2v) is 4.30. The number of anilines is 1. The van der Waals surface area contributed by atoms with Crippen LogP contribution in [-0.4, -0.2) is 41.1 Å². The molecule has 1 aliphatic rings. The summed E-state index contributed by atoms with van der Waals surface area (Å²) in [5.41, 5.74) is 2.44. The van der Waals surface area contributed by atoms with Gasteiger partial charge in [-0.3, -0.25) is 4.98 Å². The Morgan fingerprint density at radius 1 is 1.59 bits per heavy atom. The van der Waals surface area contributed by atoms with Crippen LogP contribution >= 0.6 is 0 Å². The van der Waals surface area contributed by atoms with Gasteiger partial charge in [-0.2, -0.15) is 4.98 Å². The van der Waals surface area contributed by atoms with Crippen molar-refractivity contribution in [1.29, 1.82) is 0 Å². The van der Waals surface area contributed by atoms with Crippen molar-refractivity contribution in [3.63, 3.8) is 0 Å². The van der Waals surface area contributed by atoms with Crippen LogP contribution in [0.2, 0.25) is 0 Å². The molecular weight excluding hydrogens is 218 g/mol. The summed E-state index contributed by atoms with van der Waals surface area (Å²) in [5.74, 6) is 6.28. The maximum Gasteiger partial charge on any atom is 0.234 e. The molecule has 1 aromatic rings. The van der Waals surface area contributed by atoms with E-state index < -0.39 is 0 Å². The first kappa shape index (κ1) is 12.1.